The monoisotopic (exact) mass is 262 g/mol. The summed E-state index contributed by atoms with van der Waals surface area (Å²) in [5, 5.41) is 10.0. The highest BCUT2D eigenvalue weighted by atomic mass is 19.4. The molecule has 5 heteroatoms. The molecule has 0 saturated carbocycles. The van der Waals surface area contributed by atoms with Gasteiger partial charge in [0.15, 0.2) is 0 Å². The Balaban J connectivity index is 3.07. The number of aliphatic hydroxyl groups is 1. The maximum Gasteiger partial charge on any atom is 0.419 e. The molecule has 0 amide bonds. The lowest BCUT2D eigenvalue weighted by Gasteiger charge is -2.24. The van der Waals surface area contributed by atoms with Crippen LogP contribution in [0, 0.1) is 5.82 Å². The van der Waals surface area contributed by atoms with E-state index in [-0.39, 0.29) is 12.0 Å². The van der Waals surface area contributed by atoms with Crippen molar-refractivity contribution < 1.29 is 22.7 Å². The van der Waals surface area contributed by atoms with Crippen molar-refractivity contribution in [2.75, 3.05) is 0 Å². The SMILES string of the molecule is C=CCCC(C)(O)c1ccc(C(F)(F)F)c(F)c1. The van der Waals surface area contributed by atoms with Gasteiger partial charge in [0.25, 0.3) is 0 Å². The van der Waals surface area contributed by atoms with Gasteiger partial charge in [0.1, 0.15) is 5.82 Å². The van der Waals surface area contributed by atoms with Crippen LogP contribution in [-0.4, -0.2) is 5.11 Å². The minimum atomic E-state index is -4.73. The van der Waals surface area contributed by atoms with Gasteiger partial charge in [0.2, 0.25) is 0 Å². The molecule has 0 aliphatic carbocycles. The summed E-state index contributed by atoms with van der Waals surface area (Å²) in [7, 11) is 0. The van der Waals surface area contributed by atoms with Crippen LogP contribution in [-0.2, 0) is 11.8 Å². The Morgan fingerprint density at radius 2 is 1.94 bits per heavy atom. The van der Waals surface area contributed by atoms with Gasteiger partial charge in [0, 0.05) is 0 Å². The molecule has 0 bridgehead atoms. The summed E-state index contributed by atoms with van der Waals surface area (Å²) in [6.07, 6.45) is -2.40. The van der Waals surface area contributed by atoms with E-state index in [1.807, 2.05) is 0 Å². The zero-order valence-corrected chi connectivity index (χ0v) is 9.89. The van der Waals surface area contributed by atoms with Crippen molar-refractivity contribution in [1.29, 1.82) is 0 Å². The molecule has 1 rings (SSSR count). The van der Waals surface area contributed by atoms with E-state index in [9.17, 15) is 22.7 Å². The predicted molar refractivity (Wildman–Crippen MR) is 60.4 cm³/mol. The van der Waals surface area contributed by atoms with Crippen molar-refractivity contribution in [3.63, 3.8) is 0 Å². The molecule has 0 saturated heterocycles. The van der Waals surface area contributed by atoms with Crippen LogP contribution < -0.4 is 0 Å². The third-order valence-electron chi connectivity index (χ3n) is 2.73. The zero-order valence-electron chi connectivity index (χ0n) is 9.89. The van der Waals surface area contributed by atoms with Crippen molar-refractivity contribution in [2.45, 2.75) is 31.5 Å². The lowest BCUT2D eigenvalue weighted by atomic mass is 9.90. The summed E-state index contributed by atoms with van der Waals surface area (Å²) in [5.41, 5.74) is -2.58. The summed E-state index contributed by atoms with van der Waals surface area (Å²) in [5.74, 6) is -1.38. The van der Waals surface area contributed by atoms with E-state index >= 15 is 0 Å². The van der Waals surface area contributed by atoms with Gasteiger partial charge in [-0.2, -0.15) is 13.2 Å². The molecular formula is C13H14F4O. The van der Waals surface area contributed by atoms with Crippen molar-refractivity contribution >= 4 is 0 Å². The van der Waals surface area contributed by atoms with Gasteiger partial charge in [-0.3, -0.25) is 0 Å². The molecule has 1 aromatic rings. The minimum Gasteiger partial charge on any atom is -0.385 e. The number of hydrogen-bond acceptors (Lipinski definition) is 1. The first kappa shape index (κ1) is 14.7. The van der Waals surface area contributed by atoms with Crippen molar-refractivity contribution in [1.82, 2.24) is 0 Å². The molecule has 0 fully saturated rings. The first-order valence-corrected chi connectivity index (χ1v) is 5.39. The summed E-state index contributed by atoms with van der Waals surface area (Å²) < 4.78 is 50.4. The van der Waals surface area contributed by atoms with Crippen LogP contribution in [0.3, 0.4) is 0 Å². The van der Waals surface area contributed by atoms with Gasteiger partial charge in [-0.1, -0.05) is 12.1 Å². The Hall–Kier alpha value is -1.36. The lowest BCUT2D eigenvalue weighted by Crippen LogP contribution is -2.21. The number of rotatable bonds is 4. The van der Waals surface area contributed by atoms with Crippen LogP contribution in [0.2, 0.25) is 0 Å². The van der Waals surface area contributed by atoms with Crippen LogP contribution in [0.4, 0.5) is 17.6 Å². The standard InChI is InChI=1S/C13H14F4O/c1-3-4-7-12(2,18)9-5-6-10(11(14)8-9)13(15,16)17/h3,5-6,8,18H,1,4,7H2,2H3. The molecule has 1 N–H and O–H groups in total. The van der Waals surface area contributed by atoms with Gasteiger partial charge in [-0.25, -0.2) is 4.39 Å². The maximum absolute atomic E-state index is 13.3. The first-order chi connectivity index (χ1) is 8.18. The molecule has 0 radical (unpaired) electrons. The van der Waals surface area contributed by atoms with Gasteiger partial charge in [0.05, 0.1) is 11.2 Å². The van der Waals surface area contributed by atoms with Gasteiger partial charge >= 0.3 is 6.18 Å². The number of hydrogen-bond donors (Lipinski definition) is 1. The fourth-order valence-electron chi connectivity index (χ4n) is 1.61. The van der Waals surface area contributed by atoms with Gasteiger partial charge in [-0.05, 0) is 37.5 Å². The highest BCUT2D eigenvalue weighted by Crippen LogP contribution is 2.34. The number of halogens is 4. The fourth-order valence-corrected chi connectivity index (χ4v) is 1.61. The molecule has 0 aliphatic rings. The molecule has 0 aliphatic heterocycles. The van der Waals surface area contributed by atoms with Crippen LogP contribution >= 0.6 is 0 Å². The second-order valence-corrected chi connectivity index (χ2v) is 4.29. The Morgan fingerprint density at radius 3 is 2.39 bits per heavy atom. The molecule has 1 atom stereocenters. The molecule has 1 nitrogen and oxygen atoms in total. The summed E-state index contributed by atoms with van der Waals surface area (Å²) in [4.78, 5) is 0. The predicted octanol–water partition coefficient (Wildman–Crippen LogP) is 4.02. The van der Waals surface area contributed by atoms with E-state index in [0.29, 0.717) is 12.5 Å². The van der Waals surface area contributed by atoms with E-state index in [4.69, 9.17) is 0 Å². The molecule has 18 heavy (non-hydrogen) atoms. The topological polar surface area (TPSA) is 20.2 Å². The normalized spacial score (nSPS) is 15.2. The molecule has 1 aromatic carbocycles. The lowest BCUT2D eigenvalue weighted by molar-refractivity contribution is -0.140. The van der Waals surface area contributed by atoms with E-state index in [1.165, 1.54) is 6.92 Å². The second-order valence-electron chi connectivity index (χ2n) is 4.29. The smallest absolute Gasteiger partial charge is 0.385 e. The highest BCUT2D eigenvalue weighted by molar-refractivity contribution is 5.30. The van der Waals surface area contributed by atoms with E-state index < -0.39 is 23.2 Å². The van der Waals surface area contributed by atoms with Gasteiger partial charge in [-0.15, -0.1) is 6.58 Å². The molecule has 0 heterocycles. The highest BCUT2D eigenvalue weighted by Gasteiger charge is 2.35. The number of benzene rings is 1. The van der Waals surface area contributed by atoms with Crippen LogP contribution in [0.15, 0.2) is 30.9 Å². The van der Waals surface area contributed by atoms with Crippen molar-refractivity contribution in [2.24, 2.45) is 0 Å². The largest absolute Gasteiger partial charge is 0.419 e. The summed E-state index contributed by atoms with van der Waals surface area (Å²) in [6, 6.07) is 2.47. The Kier molecular flexibility index (Phi) is 4.16. The molecular weight excluding hydrogens is 248 g/mol. The zero-order chi connectivity index (χ0) is 14.0. The molecule has 0 spiro atoms. The van der Waals surface area contributed by atoms with E-state index in [0.717, 1.165) is 12.1 Å². The van der Waals surface area contributed by atoms with Crippen LogP contribution in [0.1, 0.15) is 30.9 Å². The average molecular weight is 262 g/mol. The van der Waals surface area contributed by atoms with Crippen molar-refractivity contribution in [3.05, 3.63) is 47.8 Å². The van der Waals surface area contributed by atoms with Crippen molar-refractivity contribution in [3.8, 4) is 0 Å². The Labute approximate surface area is 103 Å². The first-order valence-electron chi connectivity index (χ1n) is 5.39. The fraction of sp³-hybridized carbons (Fsp3) is 0.385. The van der Waals surface area contributed by atoms with Crippen LogP contribution in [0.5, 0.6) is 0 Å². The van der Waals surface area contributed by atoms with E-state index in [1.54, 1.807) is 6.08 Å². The Bertz CT molecular complexity index is 435. The average Bonchev–Trinajstić information content (AvgIpc) is 2.24. The van der Waals surface area contributed by atoms with Gasteiger partial charge < -0.3 is 5.11 Å². The second kappa shape index (κ2) is 5.10. The van der Waals surface area contributed by atoms with E-state index in [2.05, 4.69) is 6.58 Å². The molecule has 1 unspecified atom stereocenters. The third-order valence-corrected chi connectivity index (χ3v) is 2.73. The number of allylic oxidation sites excluding steroid dienone is 1. The number of alkyl halides is 3. The molecule has 100 valence electrons. The Morgan fingerprint density at radius 1 is 1.33 bits per heavy atom. The third kappa shape index (κ3) is 3.32. The van der Waals surface area contributed by atoms with Crippen LogP contribution in [0.25, 0.3) is 0 Å². The summed E-state index contributed by atoms with van der Waals surface area (Å²) in [6.45, 7) is 4.92. The molecule has 0 aromatic heterocycles. The summed E-state index contributed by atoms with van der Waals surface area (Å²) >= 11 is 0. The maximum atomic E-state index is 13.3. The minimum absolute atomic E-state index is 0.120. The quantitative estimate of drug-likeness (QED) is 0.642.